The van der Waals surface area contributed by atoms with E-state index < -0.39 is 12.1 Å². The molecule has 0 bridgehead atoms. The van der Waals surface area contributed by atoms with Crippen molar-refractivity contribution in [3.63, 3.8) is 0 Å². The number of carboxylic acid groups (broad SMARTS) is 1. The predicted octanol–water partition coefficient (Wildman–Crippen LogP) is 1.21. The van der Waals surface area contributed by atoms with Crippen molar-refractivity contribution in [2.45, 2.75) is 46.3 Å². The molecule has 2 amide bonds. The molecule has 0 saturated heterocycles. The minimum atomic E-state index is -0.952. The minimum absolute atomic E-state index is 0.0120. The molecule has 0 saturated carbocycles. The lowest BCUT2D eigenvalue weighted by Gasteiger charge is -2.28. The molecule has 0 aliphatic rings. The molecule has 0 aliphatic carbocycles. The number of nitrogens with one attached hydrogen (secondary N) is 2. The first-order valence-electron chi connectivity index (χ1n) is 5.95. The molecule has 6 heteroatoms. The van der Waals surface area contributed by atoms with Crippen LogP contribution in [0.15, 0.2) is 0 Å². The van der Waals surface area contributed by atoms with Crippen molar-refractivity contribution in [1.82, 2.24) is 10.6 Å². The number of hydrogen-bond acceptors (Lipinski definition) is 3. The Hall–Kier alpha value is -1.30. The van der Waals surface area contributed by atoms with E-state index >= 15 is 0 Å². The number of carboxylic acids is 1. The summed E-state index contributed by atoms with van der Waals surface area (Å²) in [5.74, 6) is -0.952. The van der Waals surface area contributed by atoms with Crippen LogP contribution in [0.2, 0.25) is 0 Å². The van der Waals surface area contributed by atoms with Gasteiger partial charge in [0.05, 0.1) is 12.5 Å². The number of amides is 2. The van der Waals surface area contributed by atoms with Gasteiger partial charge in [0, 0.05) is 19.7 Å². The van der Waals surface area contributed by atoms with Gasteiger partial charge in [-0.2, -0.15) is 0 Å². The van der Waals surface area contributed by atoms with E-state index in [4.69, 9.17) is 9.84 Å². The molecule has 3 N–H and O–H groups in total. The van der Waals surface area contributed by atoms with Crippen molar-refractivity contribution in [1.29, 1.82) is 0 Å². The van der Waals surface area contributed by atoms with Gasteiger partial charge in [-0.1, -0.05) is 20.8 Å². The van der Waals surface area contributed by atoms with Crippen LogP contribution in [-0.2, 0) is 9.53 Å². The zero-order valence-electron chi connectivity index (χ0n) is 11.7. The van der Waals surface area contributed by atoms with Crippen molar-refractivity contribution in [3.8, 4) is 0 Å². The normalized spacial score (nSPS) is 14.7. The van der Waals surface area contributed by atoms with E-state index in [-0.39, 0.29) is 30.5 Å². The fourth-order valence-corrected chi connectivity index (χ4v) is 1.10. The van der Waals surface area contributed by atoms with Gasteiger partial charge in [0.25, 0.3) is 0 Å². The van der Waals surface area contributed by atoms with E-state index in [1.54, 1.807) is 0 Å². The Labute approximate surface area is 108 Å². The Bertz CT molecular complexity index is 286. The third-order valence-corrected chi connectivity index (χ3v) is 2.87. The maximum Gasteiger partial charge on any atom is 0.315 e. The highest BCUT2D eigenvalue weighted by atomic mass is 16.5. The molecule has 18 heavy (non-hydrogen) atoms. The van der Waals surface area contributed by atoms with Crippen LogP contribution in [-0.4, -0.2) is 42.9 Å². The predicted molar refractivity (Wildman–Crippen MR) is 68.5 cm³/mol. The van der Waals surface area contributed by atoms with Crippen molar-refractivity contribution < 1.29 is 19.4 Å². The first kappa shape index (κ1) is 16.7. The maximum absolute atomic E-state index is 11.6. The zero-order chi connectivity index (χ0) is 14.3. The van der Waals surface area contributed by atoms with Crippen LogP contribution < -0.4 is 10.6 Å². The standard InChI is InChI=1S/C12H24N2O4/c1-8(12(2,3)4)14-11(17)13-7-9(18-5)6-10(15)16/h8-9H,6-7H2,1-5H3,(H,15,16)(H2,13,14,17). The van der Waals surface area contributed by atoms with Crippen LogP contribution in [0.25, 0.3) is 0 Å². The molecule has 0 heterocycles. The van der Waals surface area contributed by atoms with Crippen LogP contribution in [0.3, 0.4) is 0 Å². The van der Waals surface area contributed by atoms with Crippen molar-refractivity contribution in [2.75, 3.05) is 13.7 Å². The number of hydrogen-bond donors (Lipinski definition) is 3. The average molecular weight is 260 g/mol. The number of urea groups is 1. The molecular formula is C12H24N2O4. The molecule has 106 valence electrons. The molecule has 0 aliphatic heterocycles. The van der Waals surface area contributed by atoms with Gasteiger partial charge in [-0.15, -0.1) is 0 Å². The molecule has 0 fully saturated rings. The van der Waals surface area contributed by atoms with Crippen molar-refractivity contribution >= 4 is 12.0 Å². The van der Waals surface area contributed by atoms with Gasteiger partial charge in [-0.05, 0) is 12.3 Å². The van der Waals surface area contributed by atoms with Crippen LogP contribution >= 0.6 is 0 Å². The quantitative estimate of drug-likeness (QED) is 0.670. The number of ether oxygens (including phenoxy) is 1. The Morgan fingerprint density at radius 1 is 1.33 bits per heavy atom. The van der Waals surface area contributed by atoms with Gasteiger partial charge in [-0.3, -0.25) is 4.79 Å². The summed E-state index contributed by atoms with van der Waals surface area (Å²) in [5.41, 5.74) is -0.0287. The molecule has 0 aromatic carbocycles. The first-order chi connectivity index (χ1) is 8.16. The van der Waals surface area contributed by atoms with Gasteiger partial charge >= 0.3 is 12.0 Å². The third kappa shape index (κ3) is 7.11. The lowest BCUT2D eigenvalue weighted by molar-refractivity contribution is -0.139. The van der Waals surface area contributed by atoms with Gasteiger partial charge in [0.2, 0.25) is 0 Å². The van der Waals surface area contributed by atoms with E-state index in [1.807, 2.05) is 27.7 Å². The smallest absolute Gasteiger partial charge is 0.315 e. The fourth-order valence-electron chi connectivity index (χ4n) is 1.10. The highest BCUT2D eigenvalue weighted by Gasteiger charge is 2.22. The second kappa shape index (κ2) is 7.20. The Kier molecular flexibility index (Phi) is 6.68. The van der Waals surface area contributed by atoms with Gasteiger partial charge < -0.3 is 20.5 Å². The summed E-state index contributed by atoms with van der Waals surface area (Å²) in [6.45, 7) is 8.18. The molecule has 0 radical (unpaired) electrons. The molecule has 0 aromatic rings. The average Bonchev–Trinajstić information content (AvgIpc) is 2.22. The van der Waals surface area contributed by atoms with E-state index in [0.717, 1.165) is 0 Å². The van der Waals surface area contributed by atoms with E-state index in [1.165, 1.54) is 7.11 Å². The molecule has 0 aromatic heterocycles. The largest absolute Gasteiger partial charge is 0.481 e. The van der Waals surface area contributed by atoms with Crippen LogP contribution in [0.1, 0.15) is 34.1 Å². The second-order valence-corrected chi connectivity index (χ2v) is 5.40. The summed E-state index contributed by atoms with van der Waals surface area (Å²) >= 11 is 0. The van der Waals surface area contributed by atoms with Gasteiger partial charge in [-0.25, -0.2) is 4.79 Å². The lowest BCUT2D eigenvalue weighted by atomic mass is 9.88. The number of methoxy groups -OCH3 is 1. The van der Waals surface area contributed by atoms with Gasteiger partial charge in [0.15, 0.2) is 0 Å². The Balaban J connectivity index is 4.06. The minimum Gasteiger partial charge on any atom is -0.481 e. The van der Waals surface area contributed by atoms with Crippen LogP contribution in [0.5, 0.6) is 0 Å². The third-order valence-electron chi connectivity index (χ3n) is 2.87. The molecule has 2 atom stereocenters. The summed E-state index contributed by atoms with van der Waals surface area (Å²) < 4.78 is 4.96. The van der Waals surface area contributed by atoms with E-state index in [0.29, 0.717) is 0 Å². The zero-order valence-corrected chi connectivity index (χ0v) is 11.7. The number of rotatable bonds is 6. The number of carbonyl (C=O) groups is 2. The molecule has 6 nitrogen and oxygen atoms in total. The monoisotopic (exact) mass is 260 g/mol. The first-order valence-corrected chi connectivity index (χ1v) is 5.95. The lowest BCUT2D eigenvalue weighted by Crippen LogP contribution is -2.48. The molecular weight excluding hydrogens is 236 g/mol. The molecule has 0 spiro atoms. The Morgan fingerprint density at radius 2 is 1.89 bits per heavy atom. The van der Waals surface area contributed by atoms with Crippen molar-refractivity contribution in [2.24, 2.45) is 5.41 Å². The summed E-state index contributed by atoms with van der Waals surface area (Å²) in [7, 11) is 1.42. The molecule has 0 rings (SSSR count). The summed E-state index contributed by atoms with van der Waals surface area (Å²) in [5, 5.41) is 14.0. The van der Waals surface area contributed by atoms with Crippen LogP contribution in [0.4, 0.5) is 4.79 Å². The fraction of sp³-hybridized carbons (Fsp3) is 0.833. The maximum atomic E-state index is 11.6. The highest BCUT2D eigenvalue weighted by molar-refractivity contribution is 5.74. The second-order valence-electron chi connectivity index (χ2n) is 5.40. The summed E-state index contributed by atoms with van der Waals surface area (Å²) in [6, 6.07) is -0.303. The van der Waals surface area contributed by atoms with Crippen LogP contribution in [0, 0.1) is 5.41 Å². The van der Waals surface area contributed by atoms with E-state index in [9.17, 15) is 9.59 Å². The highest BCUT2D eigenvalue weighted by Crippen LogP contribution is 2.18. The number of carbonyl (C=O) groups excluding carboxylic acids is 1. The summed E-state index contributed by atoms with van der Waals surface area (Å²) in [6.07, 6.45) is -0.649. The summed E-state index contributed by atoms with van der Waals surface area (Å²) in [4.78, 5) is 22.1. The van der Waals surface area contributed by atoms with E-state index in [2.05, 4.69) is 10.6 Å². The number of aliphatic carboxylic acids is 1. The van der Waals surface area contributed by atoms with Gasteiger partial charge in [0.1, 0.15) is 0 Å². The van der Waals surface area contributed by atoms with Crippen molar-refractivity contribution in [3.05, 3.63) is 0 Å². The molecule has 2 unspecified atom stereocenters. The topological polar surface area (TPSA) is 87.7 Å². The Morgan fingerprint density at radius 3 is 2.28 bits per heavy atom. The SMILES string of the molecule is COC(CNC(=O)NC(C)C(C)(C)C)CC(=O)O.